The maximum atomic E-state index is 13.4. The quantitative estimate of drug-likeness (QED) is 0.343. The second-order valence-electron chi connectivity index (χ2n) is 8.46. The Labute approximate surface area is 199 Å². The number of fused-ring (bicyclic) bond motifs is 1. The fraction of sp³-hybridized carbons (Fsp3) is 0.138. The number of nitrogens with zero attached hydrogens (tertiary/aromatic N) is 3. The first-order valence-electron chi connectivity index (χ1n) is 11.5. The number of carbonyl (C=O) groups is 1. The predicted octanol–water partition coefficient (Wildman–Crippen LogP) is 5.81. The van der Waals surface area contributed by atoms with Gasteiger partial charge in [-0.05, 0) is 31.4 Å². The lowest BCUT2D eigenvalue weighted by Crippen LogP contribution is -2.34. The normalized spacial score (nSPS) is 11.9. The molecule has 0 spiro atoms. The minimum Gasteiger partial charge on any atom is -0.348 e. The highest BCUT2D eigenvalue weighted by Gasteiger charge is 2.18. The van der Waals surface area contributed by atoms with Crippen LogP contribution in [0.25, 0.3) is 28.2 Å². The fourth-order valence-corrected chi connectivity index (χ4v) is 4.04. The summed E-state index contributed by atoms with van der Waals surface area (Å²) >= 11 is 0. The van der Waals surface area contributed by atoms with Crippen molar-refractivity contribution in [1.29, 1.82) is 0 Å². The average Bonchev–Trinajstić information content (AvgIpc) is 3.33. The molecule has 0 bridgehead atoms. The van der Waals surface area contributed by atoms with Gasteiger partial charge in [0.1, 0.15) is 5.69 Å². The lowest BCUT2D eigenvalue weighted by molar-refractivity contribution is 0.0931. The zero-order valence-electron chi connectivity index (χ0n) is 19.1. The number of amides is 1. The Balaban J connectivity index is 1.47. The van der Waals surface area contributed by atoms with E-state index in [9.17, 15) is 4.79 Å². The van der Waals surface area contributed by atoms with Gasteiger partial charge >= 0.3 is 0 Å². The highest BCUT2D eigenvalue weighted by atomic mass is 16.2. The standard InChI is InChI=1S/C29H26N4O/c1-21(17-18-22-11-5-2-6-12-22)30-29(34)27-19-25(23-13-7-3-8-14-23)31-28-20-26(32-33(27)28)24-15-9-4-10-16-24/h2-16,19-21H,17-18H2,1H3,(H,30,34). The first kappa shape index (κ1) is 21.6. The minimum atomic E-state index is -0.159. The van der Waals surface area contributed by atoms with Crippen molar-refractivity contribution >= 4 is 11.6 Å². The van der Waals surface area contributed by atoms with Crippen LogP contribution < -0.4 is 5.32 Å². The first-order valence-corrected chi connectivity index (χ1v) is 11.5. The molecule has 0 aliphatic rings. The van der Waals surface area contributed by atoms with E-state index in [1.165, 1.54) is 5.56 Å². The van der Waals surface area contributed by atoms with Crippen molar-refractivity contribution < 1.29 is 4.79 Å². The Hall–Kier alpha value is -4.25. The van der Waals surface area contributed by atoms with E-state index in [2.05, 4.69) is 17.4 Å². The van der Waals surface area contributed by atoms with Crippen molar-refractivity contribution in [2.45, 2.75) is 25.8 Å². The SMILES string of the molecule is CC(CCc1ccccc1)NC(=O)c1cc(-c2ccccc2)nc2cc(-c3ccccc3)nn12. The number of nitrogens with one attached hydrogen (secondary N) is 1. The molecule has 1 atom stereocenters. The van der Waals surface area contributed by atoms with Crippen LogP contribution in [0.1, 0.15) is 29.4 Å². The highest BCUT2D eigenvalue weighted by Crippen LogP contribution is 2.24. The zero-order chi connectivity index (χ0) is 23.3. The second kappa shape index (κ2) is 9.71. The topological polar surface area (TPSA) is 59.3 Å². The van der Waals surface area contributed by atoms with Gasteiger partial charge in [-0.1, -0.05) is 91.0 Å². The van der Waals surface area contributed by atoms with E-state index in [0.717, 1.165) is 35.4 Å². The van der Waals surface area contributed by atoms with Gasteiger partial charge < -0.3 is 5.32 Å². The molecule has 168 valence electrons. The van der Waals surface area contributed by atoms with Crippen molar-refractivity contribution in [3.63, 3.8) is 0 Å². The van der Waals surface area contributed by atoms with Gasteiger partial charge in [-0.25, -0.2) is 9.50 Å². The summed E-state index contributed by atoms with van der Waals surface area (Å²) in [6.45, 7) is 2.04. The van der Waals surface area contributed by atoms with Crippen LogP contribution in [-0.4, -0.2) is 26.5 Å². The molecular weight excluding hydrogens is 420 g/mol. The predicted molar refractivity (Wildman–Crippen MR) is 136 cm³/mol. The van der Waals surface area contributed by atoms with Gasteiger partial charge in [0.15, 0.2) is 5.65 Å². The molecule has 1 N–H and O–H groups in total. The summed E-state index contributed by atoms with van der Waals surface area (Å²) in [6, 6.07) is 33.9. The Morgan fingerprint density at radius 2 is 1.41 bits per heavy atom. The van der Waals surface area contributed by atoms with Crippen LogP contribution in [0.3, 0.4) is 0 Å². The summed E-state index contributed by atoms with van der Waals surface area (Å²) in [5.74, 6) is -0.159. The zero-order valence-corrected chi connectivity index (χ0v) is 19.1. The Morgan fingerprint density at radius 3 is 2.06 bits per heavy atom. The summed E-state index contributed by atoms with van der Waals surface area (Å²) in [4.78, 5) is 18.2. The number of carbonyl (C=O) groups excluding carboxylic acids is 1. The van der Waals surface area contributed by atoms with E-state index >= 15 is 0 Å². The van der Waals surface area contributed by atoms with Gasteiger partial charge in [0.2, 0.25) is 0 Å². The molecule has 0 aliphatic carbocycles. The van der Waals surface area contributed by atoms with Crippen LogP contribution in [0.4, 0.5) is 0 Å². The molecule has 2 heterocycles. The fourth-order valence-electron chi connectivity index (χ4n) is 4.04. The lowest BCUT2D eigenvalue weighted by Gasteiger charge is -2.15. The highest BCUT2D eigenvalue weighted by molar-refractivity contribution is 5.94. The van der Waals surface area contributed by atoms with E-state index in [4.69, 9.17) is 10.1 Å². The van der Waals surface area contributed by atoms with Crippen molar-refractivity contribution in [1.82, 2.24) is 19.9 Å². The number of rotatable bonds is 7. The molecule has 1 unspecified atom stereocenters. The third kappa shape index (κ3) is 4.74. The van der Waals surface area contributed by atoms with E-state index in [1.807, 2.05) is 97.9 Å². The van der Waals surface area contributed by atoms with Gasteiger partial charge in [-0.15, -0.1) is 0 Å². The van der Waals surface area contributed by atoms with Crippen LogP contribution >= 0.6 is 0 Å². The number of hydrogen-bond acceptors (Lipinski definition) is 3. The average molecular weight is 447 g/mol. The largest absolute Gasteiger partial charge is 0.348 e. The van der Waals surface area contributed by atoms with Crippen molar-refractivity contribution in [2.24, 2.45) is 0 Å². The lowest BCUT2D eigenvalue weighted by atomic mass is 10.1. The maximum absolute atomic E-state index is 13.4. The molecule has 2 aromatic heterocycles. The second-order valence-corrected chi connectivity index (χ2v) is 8.46. The number of hydrogen-bond donors (Lipinski definition) is 1. The van der Waals surface area contributed by atoms with Gasteiger partial charge in [0.25, 0.3) is 5.91 Å². The Bertz CT molecular complexity index is 1400. The van der Waals surface area contributed by atoms with E-state index < -0.39 is 0 Å². The summed E-state index contributed by atoms with van der Waals surface area (Å²) < 4.78 is 1.65. The molecule has 0 saturated carbocycles. The monoisotopic (exact) mass is 446 g/mol. The number of aromatic nitrogens is 3. The van der Waals surface area contributed by atoms with Crippen molar-refractivity contribution in [3.8, 4) is 22.5 Å². The van der Waals surface area contributed by atoms with Crippen molar-refractivity contribution in [3.05, 3.63) is 114 Å². The molecule has 3 aromatic carbocycles. The van der Waals surface area contributed by atoms with Crippen LogP contribution in [0.5, 0.6) is 0 Å². The molecule has 34 heavy (non-hydrogen) atoms. The van der Waals surface area contributed by atoms with Crippen LogP contribution in [-0.2, 0) is 6.42 Å². The Kier molecular flexibility index (Phi) is 6.17. The third-order valence-corrected chi connectivity index (χ3v) is 5.89. The summed E-state index contributed by atoms with van der Waals surface area (Å²) in [7, 11) is 0. The van der Waals surface area contributed by atoms with Gasteiger partial charge in [0.05, 0.1) is 11.4 Å². The van der Waals surface area contributed by atoms with E-state index in [1.54, 1.807) is 4.52 Å². The van der Waals surface area contributed by atoms with E-state index in [-0.39, 0.29) is 11.9 Å². The smallest absolute Gasteiger partial charge is 0.270 e. The van der Waals surface area contributed by atoms with E-state index in [0.29, 0.717) is 11.3 Å². The van der Waals surface area contributed by atoms with Gasteiger partial charge in [0, 0.05) is 23.2 Å². The number of aryl methyl sites for hydroxylation is 1. The first-order chi connectivity index (χ1) is 16.7. The van der Waals surface area contributed by atoms with Crippen LogP contribution in [0.15, 0.2) is 103 Å². The van der Waals surface area contributed by atoms with Crippen LogP contribution in [0, 0.1) is 0 Å². The molecule has 0 aliphatic heterocycles. The third-order valence-electron chi connectivity index (χ3n) is 5.89. The Morgan fingerprint density at radius 1 is 0.824 bits per heavy atom. The molecular formula is C29H26N4O. The van der Waals surface area contributed by atoms with Gasteiger partial charge in [-0.2, -0.15) is 5.10 Å². The van der Waals surface area contributed by atoms with Crippen molar-refractivity contribution in [2.75, 3.05) is 0 Å². The molecule has 0 fully saturated rings. The molecule has 5 aromatic rings. The molecule has 5 nitrogen and oxygen atoms in total. The van der Waals surface area contributed by atoms with Gasteiger partial charge in [-0.3, -0.25) is 4.79 Å². The molecule has 1 amide bonds. The molecule has 5 heteroatoms. The summed E-state index contributed by atoms with van der Waals surface area (Å²) in [5, 5.41) is 7.89. The number of benzene rings is 3. The summed E-state index contributed by atoms with van der Waals surface area (Å²) in [6.07, 6.45) is 1.76. The molecule has 5 rings (SSSR count). The maximum Gasteiger partial charge on any atom is 0.270 e. The van der Waals surface area contributed by atoms with Crippen LogP contribution in [0.2, 0.25) is 0 Å². The molecule has 0 saturated heterocycles. The molecule has 0 radical (unpaired) electrons. The minimum absolute atomic E-state index is 0.0141. The summed E-state index contributed by atoms with van der Waals surface area (Å²) in [5.41, 5.74) is 5.84.